The highest BCUT2D eigenvalue weighted by Gasteiger charge is 2.23. The number of aliphatic hydroxyl groups is 1. The molecule has 0 saturated carbocycles. The predicted molar refractivity (Wildman–Crippen MR) is 76.7 cm³/mol. The quantitative estimate of drug-likeness (QED) is 0.880. The van der Waals surface area contributed by atoms with Crippen LogP contribution >= 0.6 is 0 Å². The molecule has 2 rings (SSSR count). The van der Waals surface area contributed by atoms with E-state index in [0.29, 0.717) is 24.2 Å². The van der Waals surface area contributed by atoms with Crippen LogP contribution < -0.4 is 5.32 Å². The number of rotatable bonds is 5. The minimum absolute atomic E-state index is 0.257. The molecule has 20 heavy (non-hydrogen) atoms. The molecule has 0 radical (unpaired) electrons. The summed E-state index contributed by atoms with van der Waals surface area (Å²) in [6.07, 6.45) is 3.50. The van der Waals surface area contributed by atoms with Crippen molar-refractivity contribution in [2.24, 2.45) is 0 Å². The van der Waals surface area contributed by atoms with Gasteiger partial charge in [-0.25, -0.2) is 4.39 Å². The first-order chi connectivity index (χ1) is 9.49. The molecule has 1 aromatic carbocycles. The molecule has 106 valence electrons. The van der Waals surface area contributed by atoms with E-state index in [9.17, 15) is 9.50 Å². The highest BCUT2D eigenvalue weighted by atomic mass is 19.1. The Kier molecular flexibility index (Phi) is 4.47. The fourth-order valence-electron chi connectivity index (χ4n) is 2.03. The fraction of sp³-hybridized carbons (Fsp3) is 0.312. The molecule has 0 fully saturated rings. The number of aryl methyl sites for hydroxylation is 1. The van der Waals surface area contributed by atoms with Crippen molar-refractivity contribution in [2.45, 2.75) is 26.0 Å². The van der Waals surface area contributed by atoms with Gasteiger partial charge in [0.25, 0.3) is 0 Å². The second-order valence-electron chi connectivity index (χ2n) is 5.20. The van der Waals surface area contributed by atoms with Crippen LogP contribution in [0.3, 0.4) is 0 Å². The maximum atomic E-state index is 13.3. The minimum Gasteiger partial charge on any atom is -0.384 e. The van der Waals surface area contributed by atoms with Crippen molar-refractivity contribution in [1.29, 1.82) is 0 Å². The van der Waals surface area contributed by atoms with Crippen LogP contribution in [-0.2, 0) is 12.1 Å². The Morgan fingerprint density at radius 3 is 2.80 bits per heavy atom. The van der Waals surface area contributed by atoms with Crippen molar-refractivity contribution in [3.63, 3.8) is 0 Å². The van der Waals surface area contributed by atoms with Gasteiger partial charge in [0.1, 0.15) is 5.82 Å². The SMILES string of the molecule is Cc1cc(C(C)(O)CNCc2cccnc2)ccc1F. The average Bonchev–Trinajstić information content (AvgIpc) is 2.43. The van der Waals surface area contributed by atoms with Gasteiger partial charge in [0.05, 0.1) is 5.60 Å². The second kappa shape index (κ2) is 6.11. The number of halogens is 1. The van der Waals surface area contributed by atoms with E-state index in [1.54, 1.807) is 38.4 Å². The number of nitrogens with one attached hydrogen (secondary N) is 1. The van der Waals surface area contributed by atoms with Crippen molar-refractivity contribution < 1.29 is 9.50 Å². The maximum absolute atomic E-state index is 13.3. The number of nitrogens with zero attached hydrogens (tertiary/aromatic N) is 1. The first kappa shape index (κ1) is 14.6. The molecule has 1 heterocycles. The van der Waals surface area contributed by atoms with Gasteiger partial charge in [-0.05, 0) is 42.7 Å². The van der Waals surface area contributed by atoms with E-state index in [0.717, 1.165) is 5.56 Å². The number of pyridine rings is 1. The van der Waals surface area contributed by atoms with Crippen LogP contribution in [-0.4, -0.2) is 16.6 Å². The summed E-state index contributed by atoms with van der Waals surface area (Å²) in [6.45, 7) is 4.42. The molecule has 0 amide bonds. The standard InChI is InChI=1S/C16H19FN2O/c1-12-8-14(5-6-15(12)17)16(2,20)11-19-10-13-4-3-7-18-9-13/h3-9,19-20H,10-11H2,1-2H3. The zero-order chi connectivity index (χ0) is 14.6. The zero-order valence-electron chi connectivity index (χ0n) is 11.7. The summed E-state index contributed by atoms with van der Waals surface area (Å²) in [6, 6.07) is 8.53. The first-order valence-corrected chi connectivity index (χ1v) is 6.58. The maximum Gasteiger partial charge on any atom is 0.126 e. The molecule has 0 aliphatic rings. The molecule has 3 nitrogen and oxygen atoms in total. The lowest BCUT2D eigenvalue weighted by Gasteiger charge is -2.25. The van der Waals surface area contributed by atoms with Crippen LogP contribution in [0.15, 0.2) is 42.7 Å². The van der Waals surface area contributed by atoms with Gasteiger partial charge >= 0.3 is 0 Å². The molecule has 4 heteroatoms. The van der Waals surface area contributed by atoms with Gasteiger partial charge in [0.15, 0.2) is 0 Å². The van der Waals surface area contributed by atoms with Crippen LogP contribution in [0, 0.1) is 12.7 Å². The highest BCUT2D eigenvalue weighted by Crippen LogP contribution is 2.22. The van der Waals surface area contributed by atoms with Gasteiger partial charge in [-0.1, -0.05) is 18.2 Å². The van der Waals surface area contributed by atoms with Crippen LogP contribution in [0.1, 0.15) is 23.6 Å². The third kappa shape index (κ3) is 3.62. The Balaban J connectivity index is 1.98. The largest absolute Gasteiger partial charge is 0.384 e. The smallest absolute Gasteiger partial charge is 0.126 e. The second-order valence-corrected chi connectivity index (χ2v) is 5.20. The van der Waals surface area contributed by atoms with E-state index >= 15 is 0 Å². The zero-order valence-corrected chi connectivity index (χ0v) is 11.7. The number of benzene rings is 1. The van der Waals surface area contributed by atoms with Crippen molar-refractivity contribution >= 4 is 0 Å². The molecule has 0 bridgehead atoms. The van der Waals surface area contributed by atoms with Gasteiger partial charge in [-0.15, -0.1) is 0 Å². The third-order valence-electron chi connectivity index (χ3n) is 3.30. The van der Waals surface area contributed by atoms with Crippen LogP contribution in [0.4, 0.5) is 4.39 Å². The summed E-state index contributed by atoms with van der Waals surface area (Å²) in [7, 11) is 0. The van der Waals surface area contributed by atoms with Crippen molar-refractivity contribution in [3.05, 3.63) is 65.2 Å². The van der Waals surface area contributed by atoms with E-state index in [1.807, 2.05) is 12.1 Å². The molecular weight excluding hydrogens is 255 g/mol. The first-order valence-electron chi connectivity index (χ1n) is 6.58. The Morgan fingerprint density at radius 2 is 2.15 bits per heavy atom. The van der Waals surface area contributed by atoms with E-state index in [2.05, 4.69) is 10.3 Å². The van der Waals surface area contributed by atoms with Crippen LogP contribution in [0.25, 0.3) is 0 Å². The highest BCUT2D eigenvalue weighted by molar-refractivity contribution is 5.28. The fourth-order valence-corrected chi connectivity index (χ4v) is 2.03. The molecule has 0 aliphatic heterocycles. The lowest BCUT2D eigenvalue weighted by Crippen LogP contribution is -2.35. The van der Waals surface area contributed by atoms with E-state index in [4.69, 9.17) is 0 Å². The lowest BCUT2D eigenvalue weighted by molar-refractivity contribution is 0.0565. The number of hydrogen-bond donors (Lipinski definition) is 2. The molecule has 1 atom stereocenters. The van der Waals surface area contributed by atoms with Crippen LogP contribution in [0.2, 0.25) is 0 Å². The predicted octanol–water partition coefficient (Wildman–Crippen LogP) is 2.53. The van der Waals surface area contributed by atoms with Crippen molar-refractivity contribution in [1.82, 2.24) is 10.3 Å². The number of hydrogen-bond acceptors (Lipinski definition) is 3. The topological polar surface area (TPSA) is 45.1 Å². The Hall–Kier alpha value is -1.78. The van der Waals surface area contributed by atoms with Gasteiger partial charge in [0, 0.05) is 25.5 Å². The minimum atomic E-state index is -1.04. The molecule has 2 N–H and O–H groups in total. The Morgan fingerprint density at radius 1 is 1.35 bits per heavy atom. The summed E-state index contributed by atoms with van der Waals surface area (Å²) in [4.78, 5) is 4.04. The summed E-state index contributed by atoms with van der Waals surface area (Å²) in [5.74, 6) is -0.257. The van der Waals surface area contributed by atoms with Crippen molar-refractivity contribution in [2.75, 3.05) is 6.54 Å². The van der Waals surface area contributed by atoms with E-state index < -0.39 is 5.60 Å². The molecule has 1 aromatic heterocycles. The third-order valence-corrected chi connectivity index (χ3v) is 3.30. The van der Waals surface area contributed by atoms with Gasteiger partial charge in [-0.2, -0.15) is 0 Å². The molecule has 1 unspecified atom stereocenters. The van der Waals surface area contributed by atoms with Gasteiger partial charge in [-0.3, -0.25) is 4.98 Å². The number of aromatic nitrogens is 1. The van der Waals surface area contributed by atoms with E-state index in [1.165, 1.54) is 6.07 Å². The average molecular weight is 274 g/mol. The summed E-state index contributed by atoms with van der Waals surface area (Å²) >= 11 is 0. The molecule has 0 aliphatic carbocycles. The lowest BCUT2D eigenvalue weighted by atomic mass is 9.94. The molecule has 2 aromatic rings. The molecule has 0 saturated heterocycles. The summed E-state index contributed by atoms with van der Waals surface area (Å²) < 4.78 is 13.3. The summed E-state index contributed by atoms with van der Waals surface area (Å²) in [5.41, 5.74) is 1.25. The normalized spacial score (nSPS) is 14.0. The van der Waals surface area contributed by atoms with Gasteiger partial charge in [0.2, 0.25) is 0 Å². The molecular formula is C16H19FN2O. The monoisotopic (exact) mass is 274 g/mol. The Labute approximate surface area is 118 Å². The summed E-state index contributed by atoms with van der Waals surface area (Å²) in [5, 5.41) is 13.7. The van der Waals surface area contributed by atoms with E-state index in [-0.39, 0.29) is 5.82 Å². The Bertz CT molecular complexity index is 570. The van der Waals surface area contributed by atoms with Gasteiger partial charge < -0.3 is 10.4 Å². The van der Waals surface area contributed by atoms with Crippen LogP contribution in [0.5, 0.6) is 0 Å². The van der Waals surface area contributed by atoms with Crippen molar-refractivity contribution in [3.8, 4) is 0 Å². The molecule has 0 spiro atoms.